The molecule has 14 nitrogen and oxygen atoms in total. The smallest absolute Gasteiger partial charge is 0.294 e. The molecule has 4 rings (SSSR count). The number of hydrogen-bond donors (Lipinski definition) is 2. The van der Waals surface area contributed by atoms with Gasteiger partial charge in [0.1, 0.15) is 6.04 Å². The largest absolute Gasteiger partial charge is 0.378 e. The van der Waals surface area contributed by atoms with Crippen molar-refractivity contribution in [2.24, 2.45) is 0 Å². The van der Waals surface area contributed by atoms with Crippen LogP contribution < -0.4 is 5.32 Å². The van der Waals surface area contributed by atoms with Gasteiger partial charge in [0.15, 0.2) is 9.84 Å². The highest BCUT2D eigenvalue weighted by Gasteiger charge is 2.41. The zero-order valence-electron chi connectivity index (χ0n) is 25.6. The second-order valence-corrected chi connectivity index (χ2v) is 14.3. The zero-order chi connectivity index (χ0) is 33.5. The first-order valence-corrected chi connectivity index (χ1v) is 17.8. The number of carbonyl (C=O) groups excluding carboxylic acids is 3. The van der Waals surface area contributed by atoms with Crippen LogP contribution >= 0.6 is 0 Å². The number of fused-ring (bicyclic) bond motifs is 1. The molecular formula is C30H38N2O12S2. The Balaban J connectivity index is 1.11. The maximum atomic E-state index is 13.1. The van der Waals surface area contributed by atoms with Gasteiger partial charge in [0.25, 0.3) is 16.0 Å². The van der Waals surface area contributed by atoms with Gasteiger partial charge in [0.05, 0.1) is 67.9 Å². The summed E-state index contributed by atoms with van der Waals surface area (Å²) in [6.45, 7) is 4.66. The molecule has 2 unspecified atom stereocenters. The highest BCUT2D eigenvalue weighted by molar-refractivity contribution is 7.91. The summed E-state index contributed by atoms with van der Waals surface area (Å²) >= 11 is 0. The fourth-order valence-electron chi connectivity index (χ4n) is 5.26. The molecule has 2 aliphatic rings. The number of benzene rings is 2. The first-order chi connectivity index (χ1) is 21.8. The molecule has 2 aromatic carbocycles. The minimum Gasteiger partial charge on any atom is -0.378 e. The molecule has 0 aliphatic carbocycles. The number of imide groups is 1. The molecule has 0 spiro atoms. The first kappa shape index (κ1) is 35.6. The van der Waals surface area contributed by atoms with Gasteiger partial charge < -0.3 is 23.8 Å². The van der Waals surface area contributed by atoms with Crippen LogP contribution in [0.25, 0.3) is 0 Å². The summed E-state index contributed by atoms with van der Waals surface area (Å²) < 4.78 is 81.0. The molecule has 0 bridgehead atoms. The Morgan fingerprint density at radius 3 is 2.22 bits per heavy atom. The Morgan fingerprint density at radius 2 is 1.57 bits per heavy atom. The highest BCUT2D eigenvalue weighted by atomic mass is 32.2. The van der Waals surface area contributed by atoms with Gasteiger partial charge in [0.2, 0.25) is 11.8 Å². The monoisotopic (exact) mass is 682 g/mol. The third-order valence-corrected chi connectivity index (χ3v) is 10.3. The van der Waals surface area contributed by atoms with Crippen molar-refractivity contribution in [3.63, 3.8) is 0 Å². The van der Waals surface area contributed by atoms with Crippen LogP contribution in [0.1, 0.15) is 52.9 Å². The van der Waals surface area contributed by atoms with Crippen LogP contribution in [0.5, 0.6) is 0 Å². The summed E-state index contributed by atoms with van der Waals surface area (Å²) in [4.78, 5) is 37.9. The lowest BCUT2D eigenvalue weighted by Crippen LogP contribution is -2.52. The van der Waals surface area contributed by atoms with Crippen molar-refractivity contribution in [2.45, 2.75) is 55.2 Å². The maximum Gasteiger partial charge on any atom is 0.294 e. The predicted molar refractivity (Wildman–Crippen MR) is 162 cm³/mol. The summed E-state index contributed by atoms with van der Waals surface area (Å²) in [5.41, 5.74) is 1.74. The number of piperidine rings is 1. The van der Waals surface area contributed by atoms with Gasteiger partial charge in [-0.05, 0) is 38.5 Å². The Hall–Kier alpha value is -3.25. The van der Waals surface area contributed by atoms with Gasteiger partial charge in [0, 0.05) is 29.7 Å². The standard InChI is InChI=1S/C30H38N2O12S2/c1-20-6-8-27(46(38,39)40)23(18-20)21(2)44-15-14-42-11-10-41-12-13-43-16-17-45(36,37)26-5-3-4-22-24(26)19-32(30(22)35)25-7-9-28(33)31-29(25)34/h3-6,8,18,21,25H,7,9-17,19H2,1-2H3,(H,31,33,34)(H,38,39,40). The highest BCUT2D eigenvalue weighted by Crippen LogP contribution is 2.32. The van der Waals surface area contributed by atoms with Crippen LogP contribution in [0.2, 0.25) is 0 Å². The van der Waals surface area contributed by atoms with Crippen LogP contribution in [0.15, 0.2) is 46.2 Å². The number of carbonyl (C=O) groups is 3. The molecule has 1 saturated heterocycles. The molecule has 0 saturated carbocycles. The van der Waals surface area contributed by atoms with E-state index in [0.29, 0.717) is 11.1 Å². The van der Waals surface area contributed by atoms with Gasteiger partial charge in [-0.3, -0.25) is 24.3 Å². The lowest BCUT2D eigenvalue weighted by Gasteiger charge is -2.29. The van der Waals surface area contributed by atoms with Crippen LogP contribution in [0, 0.1) is 6.92 Å². The van der Waals surface area contributed by atoms with E-state index in [-0.39, 0.29) is 86.7 Å². The van der Waals surface area contributed by atoms with Gasteiger partial charge in [-0.15, -0.1) is 0 Å². The first-order valence-electron chi connectivity index (χ1n) is 14.7. The van der Waals surface area contributed by atoms with E-state index in [1.807, 2.05) is 0 Å². The number of rotatable bonds is 17. The Bertz CT molecular complexity index is 1660. The Morgan fingerprint density at radius 1 is 0.913 bits per heavy atom. The average Bonchev–Trinajstić information content (AvgIpc) is 3.32. The zero-order valence-corrected chi connectivity index (χ0v) is 27.2. The van der Waals surface area contributed by atoms with Gasteiger partial charge in [-0.25, -0.2) is 8.42 Å². The van der Waals surface area contributed by atoms with Crippen LogP contribution in [0.4, 0.5) is 0 Å². The molecule has 2 atom stereocenters. The molecule has 2 aromatic rings. The SMILES string of the molecule is Cc1ccc(S(=O)(=O)O)c(C(C)OCCOCCOCCOCCS(=O)(=O)c2cccc3c2CN(C2CCC(=O)NC2=O)C3=O)c1. The maximum absolute atomic E-state index is 13.1. The summed E-state index contributed by atoms with van der Waals surface area (Å²) in [5, 5.41) is 2.23. The molecule has 16 heteroatoms. The molecule has 2 aliphatic heterocycles. The Labute approximate surface area is 268 Å². The molecule has 2 N–H and O–H groups in total. The summed E-state index contributed by atoms with van der Waals surface area (Å²) in [6, 6.07) is 8.20. The van der Waals surface area contributed by atoms with E-state index in [1.54, 1.807) is 26.0 Å². The minimum absolute atomic E-state index is 0.0151. The average molecular weight is 683 g/mol. The lowest BCUT2D eigenvalue weighted by atomic mass is 10.0. The van der Waals surface area contributed by atoms with Gasteiger partial charge in [-0.2, -0.15) is 8.42 Å². The van der Waals surface area contributed by atoms with E-state index in [2.05, 4.69) is 5.32 Å². The number of aryl methyl sites for hydroxylation is 1. The third kappa shape index (κ3) is 8.96. The summed E-state index contributed by atoms with van der Waals surface area (Å²) in [6.07, 6.45) is -0.307. The molecule has 3 amide bonds. The molecule has 1 fully saturated rings. The van der Waals surface area contributed by atoms with E-state index in [4.69, 9.17) is 18.9 Å². The molecule has 2 heterocycles. The van der Waals surface area contributed by atoms with E-state index in [9.17, 15) is 35.8 Å². The summed E-state index contributed by atoms with van der Waals surface area (Å²) in [5.74, 6) is -1.73. The van der Waals surface area contributed by atoms with E-state index < -0.39 is 49.8 Å². The van der Waals surface area contributed by atoms with Crippen molar-refractivity contribution < 1.29 is 54.7 Å². The van der Waals surface area contributed by atoms with E-state index in [1.165, 1.54) is 29.2 Å². The second kappa shape index (κ2) is 15.6. The number of nitrogens with zero attached hydrogens (tertiary/aromatic N) is 1. The number of nitrogens with one attached hydrogen (secondary N) is 1. The fraction of sp³-hybridized carbons (Fsp3) is 0.500. The predicted octanol–water partition coefficient (Wildman–Crippen LogP) is 1.60. The van der Waals surface area contributed by atoms with Crippen molar-refractivity contribution in [1.82, 2.24) is 10.2 Å². The van der Waals surface area contributed by atoms with Crippen molar-refractivity contribution in [2.75, 3.05) is 52.0 Å². The quantitative estimate of drug-likeness (QED) is 0.139. The summed E-state index contributed by atoms with van der Waals surface area (Å²) in [7, 11) is -8.19. The van der Waals surface area contributed by atoms with E-state index in [0.717, 1.165) is 5.56 Å². The normalized spacial score (nSPS) is 17.7. The van der Waals surface area contributed by atoms with Crippen molar-refractivity contribution in [3.8, 4) is 0 Å². The van der Waals surface area contributed by atoms with Crippen molar-refractivity contribution >= 4 is 37.7 Å². The van der Waals surface area contributed by atoms with E-state index >= 15 is 0 Å². The molecule has 46 heavy (non-hydrogen) atoms. The number of hydrogen-bond acceptors (Lipinski definition) is 11. The van der Waals surface area contributed by atoms with Gasteiger partial charge in [-0.1, -0.05) is 23.8 Å². The van der Waals surface area contributed by atoms with Crippen molar-refractivity contribution in [1.29, 1.82) is 0 Å². The van der Waals surface area contributed by atoms with Crippen LogP contribution in [-0.4, -0.2) is 102 Å². The number of sulfone groups is 1. The van der Waals surface area contributed by atoms with Crippen LogP contribution in [-0.2, 0) is 55.0 Å². The number of ether oxygens (including phenoxy) is 4. The lowest BCUT2D eigenvalue weighted by molar-refractivity contribution is -0.136. The van der Waals surface area contributed by atoms with Gasteiger partial charge >= 0.3 is 0 Å². The molecule has 0 aromatic heterocycles. The second-order valence-electron chi connectivity index (χ2n) is 10.9. The van der Waals surface area contributed by atoms with Crippen LogP contribution in [0.3, 0.4) is 0 Å². The minimum atomic E-state index is -4.38. The van der Waals surface area contributed by atoms with Crippen molar-refractivity contribution in [3.05, 3.63) is 58.7 Å². The number of amides is 3. The Kier molecular flexibility index (Phi) is 12.0. The third-order valence-electron chi connectivity index (χ3n) is 7.59. The molecule has 252 valence electrons. The molecular weight excluding hydrogens is 644 g/mol. The fourth-order valence-corrected chi connectivity index (χ4v) is 7.42. The topological polar surface area (TPSA) is 192 Å². The molecule has 0 radical (unpaired) electrons.